The largest absolute Gasteiger partial charge is 0.353 e. The number of amides is 1. The van der Waals surface area contributed by atoms with Crippen LogP contribution in [0.15, 0.2) is 30.3 Å². The molecular weight excluding hydrogens is 224 g/mol. The molecule has 2 N–H and O–H groups in total. The summed E-state index contributed by atoms with van der Waals surface area (Å²) in [6.45, 7) is 2.85. The van der Waals surface area contributed by atoms with Gasteiger partial charge in [-0.2, -0.15) is 0 Å². The van der Waals surface area contributed by atoms with Gasteiger partial charge in [-0.15, -0.1) is 0 Å². The minimum atomic E-state index is 0.145. The van der Waals surface area contributed by atoms with Crippen molar-refractivity contribution in [1.29, 1.82) is 0 Å². The Morgan fingerprint density at radius 3 is 2.72 bits per heavy atom. The molecule has 1 amide bonds. The van der Waals surface area contributed by atoms with Crippen molar-refractivity contribution in [3.05, 3.63) is 35.9 Å². The highest BCUT2D eigenvalue weighted by molar-refractivity contribution is 5.76. The molecule has 3 nitrogen and oxygen atoms in total. The van der Waals surface area contributed by atoms with Crippen molar-refractivity contribution in [1.82, 2.24) is 10.6 Å². The third kappa shape index (κ3) is 4.88. The highest BCUT2D eigenvalue weighted by Crippen LogP contribution is 2.18. The van der Waals surface area contributed by atoms with E-state index in [9.17, 15) is 4.79 Å². The van der Waals surface area contributed by atoms with Crippen molar-refractivity contribution in [3.63, 3.8) is 0 Å². The summed E-state index contributed by atoms with van der Waals surface area (Å²) >= 11 is 0. The molecule has 1 aliphatic carbocycles. The molecule has 0 saturated heterocycles. The fourth-order valence-corrected chi connectivity index (χ4v) is 2.04. The second-order valence-corrected chi connectivity index (χ2v) is 5.14. The number of benzene rings is 1. The molecule has 1 aromatic rings. The average Bonchev–Trinajstić information content (AvgIpc) is 3.14. The van der Waals surface area contributed by atoms with Gasteiger partial charge < -0.3 is 10.6 Å². The number of nitrogens with one attached hydrogen (secondary N) is 2. The summed E-state index contributed by atoms with van der Waals surface area (Å²) in [7, 11) is 0. The van der Waals surface area contributed by atoms with E-state index in [4.69, 9.17) is 0 Å². The molecule has 0 spiro atoms. The SMILES string of the molecule is CC(Cc1ccccc1)NC(=O)CCNC1CC1. The molecule has 1 aromatic carbocycles. The maximum Gasteiger partial charge on any atom is 0.221 e. The highest BCUT2D eigenvalue weighted by atomic mass is 16.1. The minimum Gasteiger partial charge on any atom is -0.353 e. The van der Waals surface area contributed by atoms with Crippen molar-refractivity contribution in [3.8, 4) is 0 Å². The maximum atomic E-state index is 11.7. The number of rotatable bonds is 7. The van der Waals surface area contributed by atoms with Gasteiger partial charge in [-0.05, 0) is 31.7 Å². The summed E-state index contributed by atoms with van der Waals surface area (Å²) < 4.78 is 0. The van der Waals surface area contributed by atoms with E-state index in [2.05, 4.69) is 29.7 Å². The topological polar surface area (TPSA) is 41.1 Å². The first-order valence-electron chi connectivity index (χ1n) is 6.80. The van der Waals surface area contributed by atoms with E-state index in [1.54, 1.807) is 0 Å². The van der Waals surface area contributed by atoms with Crippen LogP contribution in [0.4, 0.5) is 0 Å². The monoisotopic (exact) mass is 246 g/mol. The minimum absolute atomic E-state index is 0.145. The molecule has 1 fully saturated rings. The van der Waals surface area contributed by atoms with E-state index in [1.807, 2.05) is 18.2 Å². The fourth-order valence-electron chi connectivity index (χ4n) is 2.04. The zero-order chi connectivity index (χ0) is 12.8. The van der Waals surface area contributed by atoms with E-state index in [-0.39, 0.29) is 11.9 Å². The summed E-state index contributed by atoms with van der Waals surface area (Å²) in [6, 6.07) is 11.1. The molecular formula is C15H22N2O. The van der Waals surface area contributed by atoms with Crippen LogP contribution in [0, 0.1) is 0 Å². The lowest BCUT2D eigenvalue weighted by molar-refractivity contribution is -0.121. The van der Waals surface area contributed by atoms with E-state index in [1.165, 1.54) is 18.4 Å². The van der Waals surface area contributed by atoms with Crippen molar-refractivity contribution in [2.45, 2.75) is 44.7 Å². The quantitative estimate of drug-likeness (QED) is 0.771. The fraction of sp³-hybridized carbons (Fsp3) is 0.533. The second-order valence-electron chi connectivity index (χ2n) is 5.14. The molecule has 1 unspecified atom stereocenters. The van der Waals surface area contributed by atoms with Crippen molar-refractivity contribution in [2.75, 3.05) is 6.54 Å². The Bertz CT molecular complexity index is 373. The van der Waals surface area contributed by atoms with Gasteiger partial charge in [-0.1, -0.05) is 30.3 Å². The lowest BCUT2D eigenvalue weighted by Crippen LogP contribution is -2.36. The van der Waals surface area contributed by atoms with Gasteiger partial charge in [0.05, 0.1) is 0 Å². The molecule has 1 atom stereocenters. The number of hydrogen-bond donors (Lipinski definition) is 2. The van der Waals surface area contributed by atoms with Crippen LogP contribution < -0.4 is 10.6 Å². The van der Waals surface area contributed by atoms with E-state index < -0.39 is 0 Å². The van der Waals surface area contributed by atoms with Crippen LogP contribution in [0.1, 0.15) is 31.7 Å². The van der Waals surface area contributed by atoms with Gasteiger partial charge in [-0.25, -0.2) is 0 Å². The molecule has 1 saturated carbocycles. The molecule has 0 radical (unpaired) electrons. The normalized spacial score (nSPS) is 16.3. The summed E-state index contributed by atoms with van der Waals surface area (Å²) in [5.41, 5.74) is 1.27. The molecule has 98 valence electrons. The molecule has 0 aromatic heterocycles. The molecule has 1 aliphatic rings. The molecule has 2 rings (SSSR count). The van der Waals surface area contributed by atoms with Gasteiger partial charge >= 0.3 is 0 Å². The summed E-state index contributed by atoms with van der Waals surface area (Å²) in [5, 5.41) is 6.39. The molecule has 0 heterocycles. The van der Waals surface area contributed by atoms with Crippen LogP contribution >= 0.6 is 0 Å². The van der Waals surface area contributed by atoms with Gasteiger partial charge in [0.1, 0.15) is 0 Å². The van der Waals surface area contributed by atoms with Crippen LogP contribution in [-0.2, 0) is 11.2 Å². The smallest absolute Gasteiger partial charge is 0.221 e. The van der Waals surface area contributed by atoms with Gasteiger partial charge in [0, 0.05) is 25.0 Å². The lowest BCUT2D eigenvalue weighted by Gasteiger charge is -2.14. The van der Waals surface area contributed by atoms with Crippen molar-refractivity contribution in [2.24, 2.45) is 0 Å². The highest BCUT2D eigenvalue weighted by Gasteiger charge is 2.20. The van der Waals surface area contributed by atoms with Gasteiger partial charge in [0.15, 0.2) is 0 Å². The summed E-state index contributed by atoms with van der Waals surface area (Å²) in [5.74, 6) is 0.145. The van der Waals surface area contributed by atoms with Gasteiger partial charge in [0.2, 0.25) is 5.91 Å². The number of carbonyl (C=O) groups is 1. The van der Waals surface area contributed by atoms with Crippen LogP contribution in [0.25, 0.3) is 0 Å². The Hall–Kier alpha value is -1.35. The van der Waals surface area contributed by atoms with Crippen molar-refractivity contribution < 1.29 is 4.79 Å². The third-order valence-electron chi connectivity index (χ3n) is 3.15. The third-order valence-corrected chi connectivity index (χ3v) is 3.15. The van der Waals surface area contributed by atoms with E-state index in [0.29, 0.717) is 12.5 Å². The van der Waals surface area contributed by atoms with Crippen LogP contribution in [0.5, 0.6) is 0 Å². The number of carbonyl (C=O) groups excluding carboxylic acids is 1. The number of hydrogen-bond acceptors (Lipinski definition) is 2. The Morgan fingerprint density at radius 1 is 1.33 bits per heavy atom. The Labute approximate surface area is 109 Å². The summed E-state index contributed by atoms with van der Waals surface area (Å²) in [4.78, 5) is 11.7. The Balaban J connectivity index is 1.63. The van der Waals surface area contributed by atoms with E-state index in [0.717, 1.165) is 13.0 Å². The predicted molar refractivity (Wildman–Crippen MR) is 73.4 cm³/mol. The summed E-state index contributed by atoms with van der Waals surface area (Å²) in [6.07, 6.45) is 4.01. The maximum absolute atomic E-state index is 11.7. The standard InChI is InChI=1S/C15H22N2O/c1-12(11-13-5-3-2-4-6-13)17-15(18)9-10-16-14-7-8-14/h2-6,12,14,16H,7-11H2,1H3,(H,17,18). The van der Waals surface area contributed by atoms with E-state index >= 15 is 0 Å². The average molecular weight is 246 g/mol. The van der Waals surface area contributed by atoms with Crippen molar-refractivity contribution >= 4 is 5.91 Å². The molecule has 0 bridgehead atoms. The first-order valence-corrected chi connectivity index (χ1v) is 6.80. The van der Waals surface area contributed by atoms with Crippen LogP contribution in [-0.4, -0.2) is 24.5 Å². The van der Waals surface area contributed by atoms with Crippen LogP contribution in [0.2, 0.25) is 0 Å². The molecule has 0 aliphatic heterocycles. The zero-order valence-corrected chi connectivity index (χ0v) is 11.0. The first kappa shape index (κ1) is 13.1. The Morgan fingerprint density at radius 2 is 2.06 bits per heavy atom. The zero-order valence-electron chi connectivity index (χ0n) is 11.0. The Kier molecular flexibility index (Phi) is 4.76. The predicted octanol–water partition coefficient (Wildman–Crippen LogP) is 1.88. The molecule has 3 heteroatoms. The molecule has 18 heavy (non-hydrogen) atoms. The van der Waals surface area contributed by atoms with Gasteiger partial charge in [-0.3, -0.25) is 4.79 Å². The second kappa shape index (κ2) is 6.55. The first-order chi connectivity index (χ1) is 8.74. The van der Waals surface area contributed by atoms with Crippen LogP contribution in [0.3, 0.4) is 0 Å². The lowest BCUT2D eigenvalue weighted by atomic mass is 10.1. The van der Waals surface area contributed by atoms with Gasteiger partial charge in [0.25, 0.3) is 0 Å².